The molecule has 0 aliphatic carbocycles. The molecule has 5 nitrogen and oxygen atoms in total. The molecule has 7 heteroatoms. The first-order valence-corrected chi connectivity index (χ1v) is 9.08. The van der Waals surface area contributed by atoms with E-state index in [0.717, 1.165) is 10.0 Å². The Morgan fingerprint density at radius 2 is 1.79 bits per heavy atom. The summed E-state index contributed by atoms with van der Waals surface area (Å²) in [4.78, 5) is 8.68. The second-order valence-electron chi connectivity index (χ2n) is 5.76. The van der Waals surface area contributed by atoms with Crippen LogP contribution in [0.5, 0.6) is 11.8 Å². The van der Waals surface area contributed by atoms with Gasteiger partial charge in [0.25, 0.3) is 0 Å². The van der Waals surface area contributed by atoms with Crippen LogP contribution in [0.2, 0.25) is 0 Å². The number of benzene rings is 1. The van der Waals surface area contributed by atoms with Crippen molar-refractivity contribution in [1.29, 1.82) is 0 Å². The van der Waals surface area contributed by atoms with Crippen molar-refractivity contribution >= 4 is 27.7 Å². The quantitative estimate of drug-likeness (QED) is 0.552. The SMILES string of the molecule is COc1cc(OC)nc(SC(CO)C(C)(C)c2cccc(Br)c2)n1. The van der Waals surface area contributed by atoms with Gasteiger partial charge in [0.05, 0.1) is 26.9 Å². The van der Waals surface area contributed by atoms with E-state index >= 15 is 0 Å². The van der Waals surface area contributed by atoms with Crippen LogP contribution in [0, 0.1) is 0 Å². The van der Waals surface area contributed by atoms with Gasteiger partial charge in [-0.15, -0.1) is 0 Å². The summed E-state index contributed by atoms with van der Waals surface area (Å²) in [5.74, 6) is 0.864. The average molecular weight is 413 g/mol. The van der Waals surface area contributed by atoms with Crippen LogP contribution in [0.3, 0.4) is 0 Å². The molecule has 2 rings (SSSR count). The van der Waals surface area contributed by atoms with Crippen LogP contribution in [-0.4, -0.2) is 41.2 Å². The van der Waals surface area contributed by atoms with Gasteiger partial charge in [0.1, 0.15) is 0 Å². The minimum atomic E-state index is -0.289. The van der Waals surface area contributed by atoms with E-state index in [9.17, 15) is 5.11 Å². The van der Waals surface area contributed by atoms with E-state index < -0.39 is 0 Å². The molecule has 0 amide bonds. The number of methoxy groups -OCH3 is 2. The molecule has 0 saturated heterocycles. The Bertz CT molecular complexity index is 675. The highest BCUT2D eigenvalue weighted by Crippen LogP contribution is 2.38. The number of rotatable bonds is 7. The van der Waals surface area contributed by atoms with Gasteiger partial charge < -0.3 is 14.6 Å². The van der Waals surface area contributed by atoms with Crippen LogP contribution in [-0.2, 0) is 5.41 Å². The fraction of sp³-hybridized carbons (Fsp3) is 0.412. The molecule has 2 aromatic rings. The number of ether oxygens (including phenoxy) is 2. The molecule has 24 heavy (non-hydrogen) atoms. The topological polar surface area (TPSA) is 64.5 Å². The van der Waals surface area contributed by atoms with Crippen molar-refractivity contribution < 1.29 is 14.6 Å². The van der Waals surface area contributed by atoms with Crippen molar-refractivity contribution in [2.45, 2.75) is 29.7 Å². The summed E-state index contributed by atoms with van der Waals surface area (Å²) in [7, 11) is 3.09. The molecule has 0 saturated carbocycles. The third kappa shape index (κ3) is 4.40. The summed E-state index contributed by atoms with van der Waals surface area (Å²) in [6.45, 7) is 4.19. The highest BCUT2D eigenvalue weighted by atomic mass is 79.9. The monoisotopic (exact) mass is 412 g/mol. The maximum Gasteiger partial charge on any atom is 0.220 e. The normalized spacial score (nSPS) is 12.8. The lowest BCUT2D eigenvalue weighted by Gasteiger charge is -2.33. The van der Waals surface area contributed by atoms with Crippen molar-refractivity contribution in [1.82, 2.24) is 9.97 Å². The molecule has 1 aromatic carbocycles. The van der Waals surface area contributed by atoms with Crippen molar-refractivity contribution in [3.63, 3.8) is 0 Å². The minimum Gasteiger partial charge on any atom is -0.481 e. The van der Waals surface area contributed by atoms with Gasteiger partial charge in [0.2, 0.25) is 11.8 Å². The first-order chi connectivity index (χ1) is 11.4. The molecule has 1 aromatic heterocycles. The van der Waals surface area contributed by atoms with Gasteiger partial charge in [-0.1, -0.05) is 53.7 Å². The Hall–Kier alpha value is -1.31. The lowest BCUT2D eigenvalue weighted by atomic mass is 9.81. The Morgan fingerprint density at radius 1 is 1.17 bits per heavy atom. The van der Waals surface area contributed by atoms with Crippen molar-refractivity contribution in [2.24, 2.45) is 0 Å². The third-order valence-electron chi connectivity index (χ3n) is 3.86. The fourth-order valence-corrected chi connectivity index (χ4v) is 3.71. The molecular weight excluding hydrogens is 392 g/mol. The second kappa shape index (κ2) is 8.18. The standard InChI is InChI=1S/C17H21BrN2O3S/c1-17(2,11-6-5-7-12(18)8-11)13(10-21)24-16-19-14(22-3)9-15(20-16)23-4/h5-9,13,21H,10H2,1-4H3. The molecule has 130 valence electrons. The first-order valence-electron chi connectivity index (χ1n) is 7.41. The minimum absolute atomic E-state index is 0.00688. The third-order valence-corrected chi connectivity index (χ3v) is 5.77. The van der Waals surface area contributed by atoms with Crippen LogP contribution in [0.25, 0.3) is 0 Å². The summed E-state index contributed by atoms with van der Waals surface area (Å²) in [6.07, 6.45) is 0. The number of hydrogen-bond donors (Lipinski definition) is 1. The first kappa shape index (κ1) is 19.0. The molecular formula is C17H21BrN2O3S. The number of hydrogen-bond acceptors (Lipinski definition) is 6. The number of thioether (sulfide) groups is 1. The Labute approximate surface area is 154 Å². The van der Waals surface area contributed by atoms with Crippen LogP contribution in [0.15, 0.2) is 40.0 Å². The zero-order valence-corrected chi connectivity index (χ0v) is 16.5. The maximum absolute atomic E-state index is 9.96. The summed E-state index contributed by atoms with van der Waals surface area (Å²) >= 11 is 4.91. The van der Waals surface area contributed by atoms with E-state index in [1.165, 1.54) is 11.8 Å². The van der Waals surface area contributed by atoms with E-state index in [0.29, 0.717) is 16.9 Å². The highest BCUT2D eigenvalue weighted by molar-refractivity contribution is 9.10. The number of aliphatic hydroxyl groups is 1. The van der Waals surface area contributed by atoms with Gasteiger partial charge in [-0.25, -0.2) is 0 Å². The summed E-state index contributed by atoms with van der Waals surface area (Å²) in [5, 5.41) is 10.3. The average Bonchev–Trinajstić information content (AvgIpc) is 2.59. The Morgan fingerprint density at radius 3 is 2.29 bits per heavy atom. The molecule has 1 atom stereocenters. The zero-order chi connectivity index (χ0) is 17.7. The number of nitrogens with zero attached hydrogens (tertiary/aromatic N) is 2. The molecule has 0 aliphatic rings. The van der Waals surface area contributed by atoms with Crippen LogP contribution in [0.1, 0.15) is 19.4 Å². The molecule has 0 radical (unpaired) electrons. The number of aliphatic hydroxyl groups excluding tert-OH is 1. The van der Waals surface area contributed by atoms with Crippen LogP contribution >= 0.6 is 27.7 Å². The molecule has 1 heterocycles. The Balaban J connectivity index is 2.31. The molecule has 0 fully saturated rings. The van der Waals surface area contributed by atoms with E-state index in [1.54, 1.807) is 20.3 Å². The Kier molecular flexibility index (Phi) is 6.48. The summed E-state index contributed by atoms with van der Waals surface area (Å²) in [5.41, 5.74) is 0.835. The maximum atomic E-state index is 9.96. The molecule has 1 N–H and O–H groups in total. The van der Waals surface area contributed by atoms with Crippen molar-refractivity contribution in [3.8, 4) is 11.8 Å². The summed E-state index contributed by atoms with van der Waals surface area (Å²) in [6, 6.07) is 9.72. The predicted molar refractivity (Wildman–Crippen MR) is 99.0 cm³/mol. The van der Waals surface area contributed by atoms with E-state index in [1.807, 2.05) is 12.1 Å². The van der Waals surface area contributed by atoms with Crippen molar-refractivity contribution in [3.05, 3.63) is 40.4 Å². The fourth-order valence-electron chi connectivity index (χ4n) is 2.26. The zero-order valence-electron chi connectivity index (χ0n) is 14.1. The smallest absolute Gasteiger partial charge is 0.220 e. The lowest BCUT2D eigenvalue weighted by Crippen LogP contribution is -2.34. The van der Waals surface area contributed by atoms with Crippen molar-refractivity contribution in [2.75, 3.05) is 20.8 Å². The van der Waals surface area contributed by atoms with E-state index in [-0.39, 0.29) is 17.3 Å². The van der Waals surface area contributed by atoms with E-state index in [4.69, 9.17) is 9.47 Å². The van der Waals surface area contributed by atoms with Gasteiger partial charge in [0.15, 0.2) is 5.16 Å². The lowest BCUT2D eigenvalue weighted by molar-refractivity contribution is 0.260. The molecule has 0 bridgehead atoms. The number of halogens is 1. The largest absolute Gasteiger partial charge is 0.481 e. The molecule has 0 aliphatic heterocycles. The molecule has 1 unspecified atom stereocenters. The van der Waals surface area contributed by atoms with Gasteiger partial charge >= 0.3 is 0 Å². The number of aromatic nitrogens is 2. The van der Waals surface area contributed by atoms with E-state index in [2.05, 4.69) is 51.9 Å². The van der Waals surface area contributed by atoms with Crippen LogP contribution in [0.4, 0.5) is 0 Å². The highest BCUT2D eigenvalue weighted by Gasteiger charge is 2.33. The second-order valence-corrected chi connectivity index (χ2v) is 7.84. The predicted octanol–water partition coefficient (Wildman–Crippen LogP) is 3.69. The molecule has 0 spiro atoms. The van der Waals surface area contributed by atoms with Gasteiger partial charge in [0, 0.05) is 15.1 Å². The van der Waals surface area contributed by atoms with Gasteiger partial charge in [-0.05, 0) is 17.7 Å². The van der Waals surface area contributed by atoms with Gasteiger partial charge in [-0.2, -0.15) is 9.97 Å². The van der Waals surface area contributed by atoms with Gasteiger partial charge in [-0.3, -0.25) is 0 Å². The van der Waals surface area contributed by atoms with Crippen LogP contribution < -0.4 is 9.47 Å². The summed E-state index contributed by atoms with van der Waals surface area (Å²) < 4.78 is 11.4.